The minimum atomic E-state index is -4.48. The molecule has 3 N–H and O–H groups in total. The molecular weight excluding hydrogens is 533 g/mol. The van der Waals surface area contributed by atoms with Crippen LogP contribution in [-0.4, -0.2) is 54.5 Å². The lowest BCUT2D eigenvalue weighted by molar-refractivity contribution is -0.137. The maximum Gasteiger partial charge on any atom is 0.416 e. The molecule has 0 fully saturated rings. The molecule has 1 amide bonds. The van der Waals surface area contributed by atoms with Gasteiger partial charge < -0.3 is 25.6 Å². The molecule has 4 rings (SSSR count). The van der Waals surface area contributed by atoms with E-state index in [4.69, 9.17) is 16.3 Å². The summed E-state index contributed by atoms with van der Waals surface area (Å²) in [6.45, 7) is 1.98. The molecule has 12 heteroatoms. The largest absolute Gasteiger partial charge is 0.456 e. The molecule has 1 aliphatic heterocycles. The number of aromatic nitrogens is 2. The maximum absolute atomic E-state index is 13.0. The Labute approximate surface area is 229 Å². The molecule has 1 aliphatic rings. The standard InChI is InChI=1S/C27H28ClF3N6O2/c1-37(2)12-4-10-33-26(38)17-9-11-32-24-21(13-17)25(35-16-34-24)36-19-7-8-23(22(28)15-19)39-20-6-3-5-18(14-20)27(29,30)31/h3,5-8,13-16H,4,9-12H2,1-2H3,(H,33,38)(H2,32,34,35,36). The Bertz CT molecular complexity index is 1360. The molecule has 0 bridgehead atoms. The number of carbonyl (C=O) groups excluding carboxylic acids is 1. The molecule has 0 saturated carbocycles. The van der Waals surface area contributed by atoms with Crippen LogP contribution in [0.2, 0.25) is 5.02 Å². The third-order valence-corrected chi connectivity index (χ3v) is 6.13. The predicted molar refractivity (Wildman–Crippen MR) is 146 cm³/mol. The zero-order valence-electron chi connectivity index (χ0n) is 21.4. The first kappa shape index (κ1) is 28.2. The van der Waals surface area contributed by atoms with E-state index in [1.54, 1.807) is 24.3 Å². The highest BCUT2D eigenvalue weighted by Gasteiger charge is 2.30. The fraction of sp³-hybridized carbons (Fsp3) is 0.296. The van der Waals surface area contributed by atoms with E-state index in [2.05, 4.69) is 30.8 Å². The summed E-state index contributed by atoms with van der Waals surface area (Å²) in [6, 6.07) is 9.35. The van der Waals surface area contributed by atoms with E-state index in [0.717, 1.165) is 25.1 Å². The van der Waals surface area contributed by atoms with Crippen LogP contribution in [0, 0.1) is 0 Å². The summed E-state index contributed by atoms with van der Waals surface area (Å²) in [4.78, 5) is 23.5. The van der Waals surface area contributed by atoms with E-state index in [1.807, 2.05) is 14.1 Å². The number of fused-ring (bicyclic) bond motifs is 1. The zero-order chi connectivity index (χ0) is 28.0. The first-order valence-corrected chi connectivity index (χ1v) is 12.6. The number of anilines is 3. The molecule has 0 atom stereocenters. The van der Waals surface area contributed by atoms with Gasteiger partial charge in [-0.15, -0.1) is 0 Å². The van der Waals surface area contributed by atoms with Gasteiger partial charge in [-0.1, -0.05) is 17.7 Å². The summed E-state index contributed by atoms with van der Waals surface area (Å²) in [5.74, 6) is 1.10. The smallest absolute Gasteiger partial charge is 0.416 e. The molecule has 8 nitrogen and oxygen atoms in total. The van der Waals surface area contributed by atoms with Gasteiger partial charge in [-0.05, 0) is 76.0 Å². The van der Waals surface area contributed by atoms with E-state index >= 15 is 0 Å². The van der Waals surface area contributed by atoms with Crippen molar-refractivity contribution < 1.29 is 22.7 Å². The second kappa shape index (κ2) is 12.4. The number of nitrogens with zero attached hydrogens (tertiary/aromatic N) is 3. The lowest BCUT2D eigenvalue weighted by Crippen LogP contribution is -2.28. The van der Waals surface area contributed by atoms with Crippen molar-refractivity contribution in [3.8, 4) is 11.5 Å². The minimum absolute atomic E-state index is 0.0114. The topological polar surface area (TPSA) is 91.4 Å². The van der Waals surface area contributed by atoms with Gasteiger partial charge in [0.2, 0.25) is 5.91 Å². The van der Waals surface area contributed by atoms with Crippen LogP contribution < -0.4 is 20.7 Å². The summed E-state index contributed by atoms with van der Waals surface area (Å²) in [6.07, 6.45) is 0.0445. The SMILES string of the molecule is CN(C)CCCNC(=O)C1=Cc2c(ncnc2Nc2ccc(Oc3cccc(C(F)(F)F)c3)c(Cl)c2)NCC1. The molecule has 0 aliphatic carbocycles. The van der Waals surface area contributed by atoms with Crippen molar-refractivity contribution in [3.63, 3.8) is 0 Å². The Morgan fingerprint density at radius 1 is 1.18 bits per heavy atom. The third-order valence-electron chi connectivity index (χ3n) is 5.83. The average Bonchev–Trinajstić information content (AvgIpc) is 3.11. The monoisotopic (exact) mass is 560 g/mol. The number of amides is 1. The van der Waals surface area contributed by atoms with Gasteiger partial charge in [-0.3, -0.25) is 4.79 Å². The normalized spacial score (nSPS) is 13.2. The lowest BCUT2D eigenvalue weighted by Gasteiger charge is -2.14. The van der Waals surface area contributed by atoms with Crippen LogP contribution in [0.5, 0.6) is 11.5 Å². The fourth-order valence-electron chi connectivity index (χ4n) is 3.89. The number of carbonyl (C=O) groups is 1. The molecule has 0 spiro atoms. The van der Waals surface area contributed by atoms with Gasteiger partial charge in [0.05, 0.1) is 16.1 Å². The van der Waals surface area contributed by atoms with E-state index in [9.17, 15) is 18.0 Å². The number of hydrogen-bond donors (Lipinski definition) is 3. The van der Waals surface area contributed by atoms with Crippen LogP contribution in [0.1, 0.15) is 24.0 Å². The van der Waals surface area contributed by atoms with Gasteiger partial charge in [0, 0.05) is 24.4 Å². The molecule has 3 aromatic rings. The van der Waals surface area contributed by atoms with E-state index < -0.39 is 11.7 Å². The van der Waals surface area contributed by atoms with Crippen molar-refractivity contribution in [3.05, 3.63) is 70.5 Å². The summed E-state index contributed by atoms with van der Waals surface area (Å²) in [7, 11) is 3.97. The minimum Gasteiger partial charge on any atom is -0.456 e. The summed E-state index contributed by atoms with van der Waals surface area (Å²) in [5.41, 5.74) is 0.965. The van der Waals surface area contributed by atoms with Crippen molar-refractivity contribution in [2.24, 2.45) is 0 Å². The first-order chi connectivity index (χ1) is 18.6. The Balaban J connectivity index is 1.50. The van der Waals surface area contributed by atoms with Crippen molar-refractivity contribution in [1.82, 2.24) is 20.2 Å². The van der Waals surface area contributed by atoms with Gasteiger partial charge in [0.25, 0.3) is 0 Å². The Kier molecular flexibility index (Phi) is 8.93. The van der Waals surface area contributed by atoms with E-state index in [0.29, 0.717) is 48.0 Å². The number of rotatable bonds is 9. The molecule has 1 aromatic heterocycles. The number of ether oxygens (including phenoxy) is 1. The Morgan fingerprint density at radius 2 is 2.00 bits per heavy atom. The number of halogens is 4. The van der Waals surface area contributed by atoms with Crippen molar-refractivity contribution in [1.29, 1.82) is 0 Å². The molecule has 0 saturated heterocycles. The second-order valence-corrected chi connectivity index (χ2v) is 9.55. The highest BCUT2D eigenvalue weighted by atomic mass is 35.5. The van der Waals surface area contributed by atoms with Gasteiger partial charge in [-0.2, -0.15) is 13.2 Å². The number of alkyl halides is 3. The highest BCUT2D eigenvalue weighted by Crippen LogP contribution is 2.36. The molecule has 206 valence electrons. The number of benzene rings is 2. The molecule has 0 radical (unpaired) electrons. The third kappa shape index (κ3) is 7.61. The van der Waals surface area contributed by atoms with Crippen LogP contribution in [-0.2, 0) is 11.0 Å². The molecule has 2 heterocycles. The second-order valence-electron chi connectivity index (χ2n) is 9.14. The van der Waals surface area contributed by atoms with Gasteiger partial charge >= 0.3 is 6.18 Å². The molecule has 0 unspecified atom stereocenters. The quantitative estimate of drug-likeness (QED) is 0.278. The fourth-order valence-corrected chi connectivity index (χ4v) is 4.10. The maximum atomic E-state index is 13.0. The Morgan fingerprint density at radius 3 is 2.74 bits per heavy atom. The predicted octanol–water partition coefficient (Wildman–Crippen LogP) is 5.95. The van der Waals surface area contributed by atoms with Gasteiger partial charge in [0.1, 0.15) is 29.5 Å². The van der Waals surface area contributed by atoms with Crippen molar-refractivity contribution in [2.45, 2.75) is 19.0 Å². The molecular formula is C27H28ClF3N6O2. The molecule has 39 heavy (non-hydrogen) atoms. The summed E-state index contributed by atoms with van der Waals surface area (Å²) < 4.78 is 44.7. The van der Waals surface area contributed by atoms with Crippen LogP contribution in [0.25, 0.3) is 6.08 Å². The van der Waals surface area contributed by atoms with Crippen LogP contribution >= 0.6 is 11.6 Å². The highest BCUT2D eigenvalue weighted by molar-refractivity contribution is 6.32. The summed E-state index contributed by atoms with van der Waals surface area (Å²) >= 11 is 6.39. The molecule has 2 aromatic carbocycles. The summed E-state index contributed by atoms with van der Waals surface area (Å²) in [5, 5.41) is 9.56. The lowest BCUT2D eigenvalue weighted by atomic mass is 10.1. The van der Waals surface area contributed by atoms with Crippen LogP contribution in [0.15, 0.2) is 54.4 Å². The van der Waals surface area contributed by atoms with E-state index in [1.165, 1.54) is 18.5 Å². The van der Waals surface area contributed by atoms with Crippen molar-refractivity contribution in [2.75, 3.05) is 44.4 Å². The number of hydrogen-bond acceptors (Lipinski definition) is 7. The van der Waals surface area contributed by atoms with Gasteiger partial charge in [-0.25, -0.2) is 9.97 Å². The van der Waals surface area contributed by atoms with Gasteiger partial charge in [0.15, 0.2) is 0 Å². The van der Waals surface area contributed by atoms with Crippen LogP contribution in [0.4, 0.5) is 30.5 Å². The first-order valence-electron chi connectivity index (χ1n) is 12.2. The Hall–Kier alpha value is -3.83. The van der Waals surface area contributed by atoms with Crippen LogP contribution in [0.3, 0.4) is 0 Å². The zero-order valence-corrected chi connectivity index (χ0v) is 22.2. The van der Waals surface area contributed by atoms with E-state index in [-0.39, 0.29) is 22.4 Å². The number of nitrogens with one attached hydrogen (secondary N) is 3. The van der Waals surface area contributed by atoms with Crippen molar-refractivity contribution >= 4 is 40.9 Å². The average molecular weight is 561 g/mol.